The quantitative estimate of drug-likeness (QED) is 0.696. The molecule has 0 bridgehead atoms. The minimum absolute atomic E-state index is 0.166. The molecule has 0 aliphatic carbocycles. The second kappa shape index (κ2) is 6.81. The average Bonchev–Trinajstić information content (AvgIpc) is 3.02. The van der Waals surface area contributed by atoms with Crippen LogP contribution in [-0.4, -0.2) is 18.4 Å². The Balaban J connectivity index is 1.57. The first-order chi connectivity index (χ1) is 12.6. The Morgan fingerprint density at radius 3 is 2.65 bits per heavy atom. The van der Waals surface area contributed by atoms with Gasteiger partial charge in [-0.1, -0.05) is 54.1 Å². The molecule has 1 fully saturated rings. The molecule has 5 heteroatoms. The van der Waals surface area contributed by atoms with Crippen molar-refractivity contribution in [3.8, 4) is 0 Å². The number of carbonyl (C=O) groups excluding carboxylic acids is 2. The summed E-state index contributed by atoms with van der Waals surface area (Å²) in [5, 5.41) is 5.42. The van der Waals surface area contributed by atoms with Crippen LogP contribution in [0.25, 0.3) is 10.8 Å². The van der Waals surface area contributed by atoms with Gasteiger partial charge >= 0.3 is 0 Å². The van der Waals surface area contributed by atoms with Gasteiger partial charge in [-0.3, -0.25) is 9.59 Å². The molecule has 0 unspecified atom stereocenters. The maximum atomic E-state index is 12.9. The number of hydrogen-bond acceptors (Lipinski definition) is 2. The van der Waals surface area contributed by atoms with Gasteiger partial charge < -0.3 is 10.2 Å². The highest BCUT2D eigenvalue weighted by Gasteiger charge is 2.38. The van der Waals surface area contributed by atoms with Gasteiger partial charge in [0, 0.05) is 22.6 Å². The Kier molecular flexibility index (Phi) is 4.35. The molecule has 0 spiro atoms. The highest BCUT2D eigenvalue weighted by Crippen LogP contribution is 2.32. The summed E-state index contributed by atoms with van der Waals surface area (Å²) in [5.74, 6) is -1.14. The van der Waals surface area contributed by atoms with Crippen LogP contribution in [0.3, 0.4) is 0 Å². The minimum atomic E-state index is -0.687. The largest absolute Gasteiger partial charge is 0.325 e. The molecule has 1 saturated heterocycles. The lowest BCUT2D eigenvalue weighted by molar-refractivity contribution is -0.129. The summed E-state index contributed by atoms with van der Waals surface area (Å²) in [6.07, 6.45) is 0.494. The van der Waals surface area contributed by atoms with Crippen molar-refractivity contribution in [2.45, 2.75) is 6.42 Å². The number of anilines is 2. The van der Waals surface area contributed by atoms with E-state index in [9.17, 15) is 9.59 Å². The molecule has 3 aromatic rings. The van der Waals surface area contributed by atoms with Gasteiger partial charge in [0.05, 0.1) is 5.69 Å². The molecule has 4 rings (SSSR count). The van der Waals surface area contributed by atoms with Gasteiger partial charge in [0.15, 0.2) is 0 Å². The Morgan fingerprint density at radius 1 is 1.04 bits per heavy atom. The van der Waals surface area contributed by atoms with Crippen LogP contribution in [0.1, 0.15) is 6.42 Å². The summed E-state index contributed by atoms with van der Waals surface area (Å²) in [6.45, 7) is 0.528. The van der Waals surface area contributed by atoms with Gasteiger partial charge in [-0.2, -0.15) is 0 Å². The lowest BCUT2D eigenvalue weighted by Gasteiger charge is -2.19. The van der Waals surface area contributed by atoms with E-state index in [-0.39, 0.29) is 11.8 Å². The lowest BCUT2D eigenvalue weighted by atomic mass is 10.1. The first-order valence-electron chi connectivity index (χ1n) is 8.49. The fourth-order valence-electron chi connectivity index (χ4n) is 3.40. The van der Waals surface area contributed by atoms with E-state index in [0.29, 0.717) is 23.7 Å². The molecule has 0 radical (unpaired) electrons. The zero-order valence-corrected chi connectivity index (χ0v) is 14.7. The normalized spacial score (nSPS) is 16.9. The molecule has 2 amide bonds. The third-order valence-electron chi connectivity index (χ3n) is 4.67. The van der Waals surface area contributed by atoms with Crippen molar-refractivity contribution in [3.63, 3.8) is 0 Å². The molecule has 26 heavy (non-hydrogen) atoms. The van der Waals surface area contributed by atoms with Crippen molar-refractivity contribution in [1.29, 1.82) is 0 Å². The number of hydrogen-bond donors (Lipinski definition) is 1. The van der Waals surface area contributed by atoms with Gasteiger partial charge in [-0.15, -0.1) is 0 Å². The van der Waals surface area contributed by atoms with Crippen molar-refractivity contribution in [2.75, 3.05) is 16.8 Å². The highest BCUT2D eigenvalue weighted by atomic mass is 35.5. The van der Waals surface area contributed by atoms with E-state index in [1.54, 1.807) is 29.2 Å². The molecular formula is C21H17ClN2O2. The maximum absolute atomic E-state index is 12.9. The molecule has 0 aromatic heterocycles. The first-order valence-corrected chi connectivity index (χ1v) is 8.87. The third-order valence-corrected chi connectivity index (χ3v) is 4.91. The van der Waals surface area contributed by atoms with E-state index < -0.39 is 5.92 Å². The summed E-state index contributed by atoms with van der Waals surface area (Å²) in [5.41, 5.74) is 1.45. The number of carbonyl (C=O) groups is 2. The number of halogens is 1. The van der Waals surface area contributed by atoms with Crippen LogP contribution >= 0.6 is 11.6 Å². The number of nitrogens with zero attached hydrogens (tertiary/aromatic N) is 1. The van der Waals surface area contributed by atoms with Gasteiger partial charge in [0.25, 0.3) is 0 Å². The van der Waals surface area contributed by atoms with Gasteiger partial charge in [0.2, 0.25) is 11.8 Å². The van der Waals surface area contributed by atoms with Gasteiger partial charge in [-0.25, -0.2) is 0 Å². The van der Waals surface area contributed by atoms with E-state index in [0.717, 1.165) is 16.5 Å². The van der Waals surface area contributed by atoms with Crippen LogP contribution in [0.15, 0.2) is 66.7 Å². The van der Waals surface area contributed by atoms with Crippen molar-refractivity contribution < 1.29 is 9.59 Å². The van der Waals surface area contributed by atoms with E-state index in [1.807, 2.05) is 42.5 Å². The van der Waals surface area contributed by atoms with Crippen molar-refractivity contribution in [1.82, 2.24) is 0 Å². The van der Waals surface area contributed by atoms with E-state index in [2.05, 4.69) is 5.32 Å². The molecule has 130 valence electrons. The summed E-state index contributed by atoms with van der Waals surface area (Å²) in [7, 11) is 0. The summed E-state index contributed by atoms with van der Waals surface area (Å²) >= 11 is 5.95. The fraction of sp³-hybridized carbons (Fsp3) is 0.143. The minimum Gasteiger partial charge on any atom is -0.325 e. The molecule has 1 aliphatic rings. The number of fused-ring (bicyclic) bond motifs is 1. The van der Waals surface area contributed by atoms with Crippen LogP contribution in [0, 0.1) is 5.92 Å². The monoisotopic (exact) mass is 364 g/mol. The molecular weight excluding hydrogens is 348 g/mol. The van der Waals surface area contributed by atoms with Crippen LogP contribution in [0.4, 0.5) is 11.4 Å². The SMILES string of the molecule is O=C(Nc1cccc(Cl)c1)[C@H]1CCN(c2cccc3ccccc23)C1=O. The molecule has 1 atom stereocenters. The Hall–Kier alpha value is -2.85. The highest BCUT2D eigenvalue weighted by molar-refractivity contribution is 6.31. The molecule has 0 saturated carbocycles. The molecule has 1 N–H and O–H groups in total. The van der Waals surface area contributed by atoms with Crippen LogP contribution in [-0.2, 0) is 9.59 Å². The van der Waals surface area contributed by atoms with E-state index in [1.165, 1.54) is 0 Å². The van der Waals surface area contributed by atoms with Crippen molar-refractivity contribution >= 4 is 45.6 Å². The predicted octanol–water partition coefficient (Wildman–Crippen LogP) is 4.48. The smallest absolute Gasteiger partial charge is 0.239 e. The molecule has 1 heterocycles. The molecule has 3 aromatic carbocycles. The van der Waals surface area contributed by atoms with E-state index in [4.69, 9.17) is 11.6 Å². The van der Waals surface area contributed by atoms with Crippen molar-refractivity contribution in [3.05, 3.63) is 71.8 Å². The van der Waals surface area contributed by atoms with Gasteiger partial charge in [0.1, 0.15) is 5.92 Å². The van der Waals surface area contributed by atoms with Gasteiger partial charge in [-0.05, 0) is 36.1 Å². The third kappa shape index (κ3) is 3.04. The van der Waals surface area contributed by atoms with Crippen molar-refractivity contribution in [2.24, 2.45) is 5.92 Å². The summed E-state index contributed by atoms with van der Waals surface area (Å²) in [4.78, 5) is 27.2. The standard InChI is InChI=1S/C21H17ClN2O2/c22-15-7-4-8-16(13-15)23-20(25)18-11-12-24(21(18)26)19-10-3-6-14-5-1-2-9-17(14)19/h1-10,13,18H,11-12H2,(H,23,25)/t18-/m1/s1. The average molecular weight is 365 g/mol. The van der Waals surface area contributed by atoms with Crippen LogP contribution in [0.5, 0.6) is 0 Å². The van der Waals surface area contributed by atoms with E-state index >= 15 is 0 Å². The fourth-order valence-corrected chi connectivity index (χ4v) is 3.59. The second-order valence-corrected chi connectivity index (χ2v) is 6.77. The number of benzene rings is 3. The molecule has 1 aliphatic heterocycles. The predicted molar refractivity (Wildman–Crippen MR) is 104 cm³/mol. The van der Waals surface area contributed by atoms with Crippen LogP contribution in [0.2, 0.25) is 5.02 Å². The zero-order valence-electron chi connectivity index (χ0n) is 14.0. The first kappa shape index (κ1) is 16.6. The second-order valence-electron chi connectivity index (χ2n) is 6.33. The number of nitrogens with one attached hydrogen (secondary N) is 1. The Labute approximate surface area is 156 Å². The summed E-state index contributed by atoms with van der Waals surface area (Å²) < 4.78 is 0. The summed E-state index contributed by atoms with van der Waals surface area (Å²) in [6, 6.07) is 20.7. The maximum Gasteiger partial charge on any atom is 0.239 e. The zero-order chi connectivity index (χ0) is 18.1. The lowest BCUT2D eigenvalue weighted by Crippen LogP contribution is -2.33. The Morgan fingerprint density at radius 2 is 1.81 bits per heavy atom. The Bertz CT molecular complexity index is 997. The number of rotatable bonds is 3. The number of amides is 2. The molecule has 4 nitrogen and oxygen atoms in total. The van der Waals surface area contributed by atoms with Crippen LogP contribution < -0.4 is 10.2 Å². The topological polar surface area (TPSA) is 49.4 Å².